The molecule has 0 aromatic heterocycles. The van der Waals surface area contributed by atoms with E-state index in [0.717, 1.165) is 0 Å². The predicted molar refractivity (Wildman–Crippen MR) is 61.1 cm³/mol. The molecule has 0 aliphatic carbocycles. The lowest BCUT2D eigenvalue weighted by atomic mass is 9.79. The maximum atomic E-state index is 13.8. The molecule has 4 heteroatoms. The van der Waals surface area contributed by atoms with Gasteiger partial charge in [0.05, 0.1) is 7.11 Å². The van der Waals surface area contributed by atoms with Crippen molar-refractivity contribution < 1.29 is 14.2 Å². The summed E-state index contributed by atoms with van der Waals surface area (Å²) in [6.07, 6.45) is 0.404. The smallest absolute Gasteiger partial charge is 0.130 e. The second kappa shape index (κ2) is 5.27. The fourth-order valence-electron chi connectivity index (χ4n) is 1.84. The zero-order chi connectivity index (χ0) is 12.2. The van der Waals surface area contributed by atoms with Crippen LogP contribution in [0.3, 0.4) is 0 Å². The molecule has 0 fully saturated rings. The highest BCUT2D eigenvalue weighted by Gasteiger charge is 2.30. The minimum Gasteiger partial charge on any atom is -0.496 e. The Hall–Kier alpha value is -1.13. The third-order valence-corrected chi connectivity index (χ3v) is 2.91. The van der Waals surface area contributed by atoms with Gasteiger partial charge in [0.15, 0.2) is 0 Å². The maximum Gasteiger partial charge on any atom is 0.130 e. The quantitative estimate of drug-likeness (QED) is 0.800. The van der Waals surface area contributed by atoms with Crippen LogP contribution in [0.4, 0.5) is 4.39 Å². The molecule has 0 aliphatic rings. The Labute approximate surface area is 95.0 Å². The lowest BCUT2D eigenvalue weighted by molar-refractivity contribution is 0.241. The van der Waals surface area contributed by atoms with Crippen molar-refractivity contribution in [3.63, 3.8) is 0 Å². The summed E-state index contributed by atoms with van der Waals surface area (Å²) >= 11 is 0. The number of benzene rings is 1. The molecule has 0 saturated carbocycles. The average molecular weight is 227 g/mol. The molecule has 0 saturated heterocycles. The summed E-state index contributed by atoms with van der Waals surface area (Å²) < 4.78 is 19.0. The van der Waals surface area contributed by atoms with Gasteiger partial charge in [-0.15, -0.1) is 0 Å². The molecule has 1 aromatic rings. The lowest BCUT2D eigenvalue weighted by Gasteiger charge is -2.29. The van der Waals surface area contributed by atoms with E-state index >= 15 is 0 Å². The van der Waals surface area contributed by atoms with Gasteiger partial charge in [0, 0.05) is 24.1 Å². The van der Waals surface area contributed by atoms with Crippen molar-refractivity contribution in [3.05, 3.63) is 29.6 Å². The van der Waals surface area contributed by atoms with Gasteiger partial charge in [0.2, 0.25) is 0 Å². The second-order valence-corrected chi connectivity index (χ2v) is 4.06. The summed E-state index contributed by atoms with van der Waals surface area (Å²) in [5, 5.41) is 9.03. The van der Waals surface area contributed by atoms with Crippen LogP contribution in [0.15, 0.2) is 18.2 Å². The van der Waals surface area contributed by atoms with Crippen molar-refractivity contribution in [2.75, 3.05) is 20.3 Å². The molecule has 0 spiro atoms. The number of aliphatic hydroxyl groups is 1. The Balaban J connectivity index is 3.27. The van der Waals surface area contributed by atoms with E-state index < -0.39 is 5.41 Å². The number of nitrogens with two attached hydrogens (primary N) is 1. The van der Waals surface area contributed by atoms with Crippen LogP contribution in [0.5, 0.6) is 5.75 Å². The topological polar surface area (TPSA) is 55.5 Å². The summed E-state index contributed by atoms with van der Waals surface area (Å²) in [6, 6.07) is 4.67. The molecular formula is C12H18FNO2. The molecule has 0 bridgehead atoms. The molecule has 1 aromatic carbocycles. The molecule has 90 valence electrons. The molecule has 16 heavy (non-hydrogen) atoms. The predicted octanol–water partition coefficient (Wildman–Crippen LogP) is 1.43. The Morgan fingerprint density at radius 3 is 2.69 bits per heavy atom. The van der Waals surface area contributed by atoms with Gasteiger partial charge >= 0.3 is 0 Å². The number of aliphatic hydroxyl groups excluding tert-OH is 1. The molecule has 3 N–H and O–H groups in total. The largest absolute Gasteiger partial charge is 0.496 e. The van der Waals surface area contributed by atoms with Gasteiger partial charge in [-0.3, -0.25) is 0 Å². The number of hydrogen-bond donors (Lipinski definition) is 2. The number of halogens is 1. The van der Waals surface area contributed by atoms with E-state index in [1.807, 2.05) is 6.92 Å². The first-order valence-corrected chi connectivity index (χ1v) is 5.23. The van der Waals surface area contributed by atoms with Gasteiger partial charge in [-0.25, -0.2) is 4.39 Å². The SMILES string of the molecule is COc1cccc(F)c1C(C)(CN)CCO. The van der Waals surface area contributed by atoms with Crippen molar-refractivity contribution >= 4 is 0 Å². The fraction of sp³-hybridized carbons (Fsp3) is 0.500. The number of rotatable bonds is 5. The van der Waals surface area contributed by atoms with Crippen LogP contribution >= 0.6 is 0 Å². The van der Waals surface area contributed by atoms with Crippen LogP contribution in [0.25, 0.3) is 0 Å². The number of methoxy groups -OCH3 is 1. The summed E-state index contributed by atoms with van der Waals surface area (Å²) in [7, 11) is 1.49. The van der Waals surface area contributed by atoms with Crippen LogP contribution < -0.4 is 10.5 Å². The van der Waals surface area contributed by atoms with Gasteiger partial charge in [-0.2, -0.15) is 0 Å². The van der Waals surface area contributed by atoms with Gasteiger partial charge in [-0.05, 0) is 18.6 Å². The molecular weight excluding hydrogens is 209 g/mol. The van der Waals surface area contributed by atoms with E-state index in [9.17, 15) is 4.39 Å². The first-order chi connectivity index (χ1) is 7.59. The van der Waals surface area contributed by atoms with E-state index in [-0.39, 0.29) is 19.0 Å². The van der Waals surface area contributed by atoms with Crippen LogP contribution in [0, 0.1) is 5.82 Å². The molecule has 0 aliphatic heterocycles. The average Bonchev–Trinajstić information content (AvgIpc) is 2.28. The van der Waals surface area contributed by atoms with Crippen molar-refractivity contribution in [3.8, 4) is 5.75 Å². The van der Waals surface area contributed by atoms with E-state index in [2.05, 4.69) is 0 Å². The van der Waals surface area contributed by atoms with Crippen LogP contribution in [0.2, 0.25) is 0 Å². The van der Waals surface area contributed by atoms with Gasteiger partial charge in [0.25, 0.3) is 0 Å². The van der Waals surface area contributed by atoms with E-state index in [1.165, 1.54) is 13.2 Å². The normalized spacial score (nSPS) is 14.6. The third kappa shape index (κ3) is 2.33. The zero-order valence-corrected chi connectivity index (χ0v) is 9.66. The highest BCUT2D eigenvalue weighted by molar-refractivity contribution is 5.40. The van der Waals surface area contributed by atoms with Crippen molar-refractivity contribution in [1.82, 2.24) is 0 Å². The summed E-state index contributed by atoms with van der Waals surface area (Å²) in [4.78, 5) is 0. The van der Waals surface area contributed by atoms with Crippen LogP contribution in [-0.4, -0.2) is 25.4 Å². The van der Waals surface area contributed by atoms with Crippen LogP contribution in [0.1, 0.15) is 18.9 Å². The van der Waals surface area contributed by atoms with Crippen LogP contribution in [-0.2, 0) is 5.41 Å². The Morgan fingerprint density at radius 1 is 1.50 bits per heavy atom. The Morgan fingerprint density at radius 2 is 2.19 bits per heavy atom. The van der Waals surface area contributed by atoms with Crippen molar-refractivity contribution in [2.45, 2.75) is 18.8 Å². The van der Waals surface area contributed by atoms with Gasteiger partial charge in [0.1, 0.15) is 11.6 Å². The number of ether oxygens (including phenoxy) is 1. The first kappa shape index (κ1) is 12.9. The standard InChI is InChI=1S/C12H18FNO2/c1-12(8-14,6-7-15)11-9(13)4-3-5-10(11)16-2/h3-5,15H,6-8,14H2,1-2H3. The third-order valence-electron chi connectivity index (χ3n) is 2.91. The molecule has 0 amide bonds. The molecule has 1 unspecified atom stereocenters. The lowest BCUT2D eigenvalue weighted by Crippen LogP contribution is -2.34. The van der Waals surface area contributed by atoms with Crippen molar-refractivity contribution in [1.29, 1.82) is 0 Å². The fourth-order valence-corrected chi connectivity index (χ4v) is 1.84. The second-order valence-electron chi connectivity index (χ2n) is 4.06. The Kier molecular flexibility index (Phi) is 4.26. The maximum absolute atomic E-state index is 13.8. The molecule has 1 atom stereocenters. The Bertz CT molecular complexity index is 357. The van der Waals surface area contributed by atoms with Gasteiger partial charge < -0.3 is 15.6 Å². The van der Waals surface area contributed by atoms with E-state index in [0.29, 0.717) is 17.7 Å². The molecule has 1 rings (SSSR count). The first-order valence-electron chi connectivity index (χ1n) is 5.23. The molecule has 0 radical (unpaired) electrons. The molecule has 0 heterocycles. The van der Waals surface area contributed by atoms with E-state index in [4.69, 9.17) is 15.6 Å². The summed E-state index contributed by atoms with van der Waals surface area (Å²) in [5.41, 5.74) is 5.52. The minimum absolute atomic E-state index is 0.0365. The summed E-state index contributed by atoms with van der Waals surface area (Å²) in [6.45, 7) is 2.04. The van der Waals surface area contributed by atoms with E-state index in [1.54, 1.807) is 12.1 Å². The number of hydrogen-bond acceptors (Lipinski definition) is 3. The summed E-state index contributed by atoms with van der Waals surface area (Å²) in [5.74, 6) is 0.127. The van der Waals surface area contributed by atoms with Gasteiger partial charge in [-0.1, -0.05) is 13.0 Å². The van der Waals surface area contributed by atoms with Crippen molar-refractivity contribution in [2.24, 2.45) is 5.73 Å². The highest BCUT2D eigenvalue weighted by atomic mass is 19.1. The molecule has 3 nitrogen and oxygen atoms in total. The monoisotopic (exact) mass is 227 g/mol. The minimum atomic E-state index is -0.606. The highest BCUT2D eigenvalue weighted by Crippen LogP contribution is 2.35. The zero-order valence-electron chi connectivity index (χ0n) is 9.66.